The number of rotatable bonds is 1. The van der Waals surface area contributed by atoms with E-state index >= 15 is 0 Å². The zero-order valence-electron chi connectivity index (χ0n) is 9.98. The molecule has 0 atom stereocenters. The molecule has 3 rings (SSSR count). The van der Waals surface area contributed by atoms with Gasteiger partial charge >= 0.3 is 0 Å². The number of nitrogen functional groups attached to an aromatic ring is 1. The van der Waals surface area contributed by atoms with Crippen molar-refractivity contribution in [3.63, 3.8) is 0 Å². The molecule has 0 fully saturated rings. The Kier molecular flexibility index (Phi) is 2.56. The first-order chi connectivity index (χ1) is 9.16. The highest BCUT2D eigenvalue weighted by Gasteiger charge is 2.11. The monoisotopic (exact) mass is 254 g/mol. The van der Waals surface area contributed by atoms with Crippen molar-refractivity contribution in [3.05, 3.63) is 64.7 Å². The highest BCUT2D eigenvalue weighted by atomic mass is 19.1. The van der Waals surface area contributed by atoms with Crippen LogP contribution in [0.2, 0.25) is 0 Å². The van der Waals surface area contributed by atoms with Crippen molar-refractivity contribution in [2.45, 2.75) is 0 Å². The quantitative estimate of drug-likeness (QED) is 0.701. The normalized spacial score (nSPS) is 10.8. The molecule has 0 amide bonds. The highest BCUT2D eigenvalue weighted by molar-refractivity contribution is 5.99. The fraction of sp³-hybridized carbons (Fsp3) is 0. The molecule has 0 saturated carbocycles. The Morgan fingerprint density at radius 2 is 1.68 bits per heavy atom. The van der Waals surface area contributed by atoms with Crippen LogP contribution in [0.3, 0.4) is 0 Å². The van der Waals surface area contributed by atoms with Crippen LogP contribution in [0.5, 0.6) is 0 Å². The van der Waals surface area contributed by atoms with Crippen LogP contribution in [-0.4, -0.2) is 4.98 Å². The second kappa shape index (κ2) is 4.24. The van der Waals surface area contributed by atoms with Crippen LogP contribution in [0.25, 0.3) is 22.0 Å². The molecule has 0 unspecified atom stereocenters. The van der Waals surface area contributed by atoms with E-state index < -0.39 is 0 Å². The maximum absolute atomic E-state index is 13.0. The number of H-pyrrole nitrogens is 1. The molecule has 0 aliphatic rings. The SMILES string of the molecule is Nc1c(-c2ccc(F)cc2)c2ccccc2[nH]c1=O. The Labute approximate surface area is 108 Å². The minimum atomic E-state index is -0.335. The number of nitrogens with one attached hydrogen (secondary N) is 1. The summed E-state index contributed by atoms with van der Waals surface area (Å²) >= 11 is 0. The van der Waals surface area contributed by atoms with Gasteiger partial charge in [0.15, 0.2) is 0 Å². The molecule has 1 heterocycles. The van der Waals surface area contributed by atoms with Crippen LogP contribution in [0.4, 0.5) is 10.1 Å². The number of halogens is 1. The molecule has 0 bridgehead atoms. The molecule has 0 saturated heterocycles. The summed E-state index contributed by atoms with van der Waals surface area (Å²) in [6.45, 7) is 0. The molecule has 0 radical (unpaired) electrons. The molecule has 94 valence electrons. The van der Waals surface area contributed by atoms with Gasteiger partial charge in [0.05, 0.1) is 0 Å². The first-order valence-corrected chi connectivity index (χ1v) is 5.83. The van der Waals surface area contributed by atoms with E-state index in [1.165, 1.54) is 12.1 Å². The van der Waals surface area contributed by atoms with Crippen molar-refractivity contribution in [3.8, 4) is 11.1 Å². The van der Waals surface area contributed by atoms with Crippen molar-refractivity contribution in [1.29, 1.82) is 0 Å². The summed E-state index contributed by atoms with van der Waals surface area (Å²) in [6.07, 6.45) is 0. The second-order valence-electron chi connectivity index (χ2n) is 4.30. The smallest absolute Gasteiger partial charge is 0.272 e. The fourth-order valence-corrected chi connectivity index (χ4v) is 2.19. The number of hydrogen-bond donors (Lipinski definition) is 2. The van der Waals surface area contributed by atoms with Crippen molar-refractivity contribution >= 4 is 16.6 Å². The lowest BCUT2D eigenvalue weighted by atomic mass is 9.99. The van der Waals surface area contributed by atoms with Crippen LogP contribution >= 0.6 is 0 Å². The number of aromatic nitrogens is 1. The predicted octanol–water partition coefficient (Wildman–Crippen LogP) is 2.92. The number of benzene rings is 2. The summed E-state index contributed by atoms with van der Waals surface area (Å²) in [5, 5.41) is 0.839. The molecule has 0 aliphatic carbocycles. The zero-order chi connectivity index (χ0) is 13.4. The van der Waals surface area contributed by atoms with Gasteiger partial charge in [0, 0.05) is 16.5 Å². The first-order valence-electron chi connectivity index (χ1n) is 5.83. The summed E-state index contributed by atoms with van der Waals surface area (Å²) in [4.78, 5) is 14.6. The molecule has 3 N–H and O–H groups in total. The van der Waals surface area contributed by atoms with Gasteiger partial charge in [-0.3, -0.25) is 4.79 Å². The van der Waals surface area contributed by atoms with Gasteiger partial charge in [-0.25, -0.2) is 4.39 Å². The van der Waals surface area contributed by atoms with Crippen LogP contribution < -0.4 is 11.3 Å². The lowest BCUT2D eigenvalue weighted by Gasteiger charge is -2.09. The number of nitrogens with two attached hydrogens (primary N) is 1. The standard InChI is InChI=1S/C15H11FN2O/c16-10-7-5-9(6-8-10)13-11-3-1-2-4-12(11)18-15(19)14(13)17/h1-8H,17H2,(H,18,19). The maximum atomic E-state index is 13.0. The molecule has 19 heavy (non-hydrogen) atoms. The summed E-state index contributed by atoms with van der Waals surface area (Å²) in [7, 11) is 0. The van der Waals surface area contributed by atoms with Crippen molar-refractivity contribution < 1.29 is 4.39 Å². The molecular weight excluding hydrogens is 243 g/mol. The summed E-state index contributed by atoms with van der Waals surface area (Å²) in [5.74, 6) is -0.323. The number of anilines is 1. The average molecular weight is 254 g/mol. The Morgan fingerprint density at radius 3 is 2.42 bits per heavy atom. The summed E-state index contributed by atoms with van der Waals surface area (Å²) in [5.41, 5.74) is 7.76. The van der Waals surface area contributed by atoms with Crippen LogP contribution in [0.15, 0.2) is 53.3 Å². The molecule has 0 spiro atoms. The molecule has 0 aliphatic heterocycles. The van der Waals surface area contributed by atoms with Crippen LogP contribution in [-0.2, 0) is 0 Å². The molecule has 3 aromatic rings. The Morgan fingerprint density at radius 1 is 1.00 bits per heavy atom. The van der Waals surface area contributed by atoms with Crippen molar-refractivity contribution in [1.82, 2.24) is 4.98 Å². The van der Waals surface area contributed by atoms with Gasteiger partial charge in [-0.05, 0) is 23.8 Å². The summed E-state index contributed by atoms with van der Waals surface area (Å²) in [6, 6.07) is 13.3. The topological polar surface area (TPSA) is 58.9 Å². The lowest BCUT2D eigenvalue weighted by molar-refractivity contribution is 0.628. The van der Waals surface area contributed by atoms with E-state index in [1.807, 2.05) is 24.3 Å². The van der Waals surface area contributed by atoms with Crippen LogP contribution in [0, 0.1) is 5.82 Å². The van der Waals surface area contributed by atoms with Gasteiger partial charge in [-0.15, -0.1) is 0 Å². The average Bonchev–Trinajstić information content (AvgIpc) is 2.42. The van der Waals surface area contributed by atoms with Gasteiger partial charge in [-0.1, -0.05) is 30.3 Å². The highest BCUT2D eigenvalue weighted by Crippen LogP contribution is 2.30. The first kappa shape index (κ1) is 11.5. The van der Waals surface area contributed by atoms with Gasteiger partial charge < -0.3 is 10.7 Å². The minimum absolute atomic E-state index is 0.144. The third kappa shape index (κ3) is 1.87. The van der Waals surface area contributed by atoms with Crippen molar-refractivity contribution in [2.75, 3.05) is 5.73 Å². The van der Waals surface area contributed by atoms with E-state index in [0.717, 1.165) is 10.9 Å². The van der Waals surface area contributed by atoms with E-state index in [9.17, 15) is 9.18 Å². The number of para-hydroxylation sites is 1. The Balaban J connectivity index is 2.42. The molecule has 3 nitrogen and oxygen atoms in total. The number of pyridine rings is 1. The Bertz CT molecular complexity index is 806. The molecule has 1 aromatic heterocycles. The van der Waals surface area contributed by atoms with Crippen LogP contribution in [0.1, 0.15) is 0 Å². The third-order valence-electron chi connectivity index (χ3n) is 3.09. The largest absolute Gasteiger partial charge is 0.394 e. The summed E-state index contributed by atoms with van der Waals surface area (Å²) < 4.78 is 13.0. The minimum Gasteiger partial charge on any atom is -0.394 e. The number of aromatic amines is 1. The number of hydrogen-bond acceptors (Lipinski definition) is 2. The third-order valence-corrected chi connectivity index (χ3v) is 3.09. The zero-order valence-corrected chi connectivity index (χ0v) is 9.98. The second-order valence-corrected chi connectivity index (χ2v) is 4.30. The Hall–Kier alpha value is -2.62. The van der Waals surface area contributed by atoms with E-state index in [4.69, 9.17) is 5.73 Å². The maximum Gasteiger partial charge on any atom is 0.272 e. The molecule has 4 heteroatoms. The predicted molar refractivity (Wildman–Crippen MR) is 74.4 cm³/mol. The van der Waals surface area contributed by atoms with Gasteiger partial charge in [-0.2, -0.15) is 0 Å². The fourth-order valence-electron chi connectivity index (χ4n) is 2.19. The van der Waals surface area contributed by atoms with E-state index in [-0.39, 0.29) is 17.1 Å². The number of fused-ring (bicyclic) bond motifs is 1. The van der Waals surface area contributed by atoms with Crippen molar-refractivity contribution in [2.24, 2.45) is 0 Å². The van der Waals surface area contributed by atoms with E-state index in [2.05, 4.69) is 4.98 Å². The van der Waals surface area contributed by atoms with E-state index in [0.29, 0.717) is 11.1 Å². The van der Waals surface area contributed by atoms with Gasteiger partial charge in [0.1, 0.15) is 11.5 Å². The van der Waals surface area contributed by atoms with Gasteiger partial charge in [0.2, 0.25) is 0 Å². The molecular formula is C15H11FN2O. The van der Waals surface area contributed by atoms with E-state index in [1.54, 1.807) is 12.1 Å². The lowest BCUT2D eigenvalue weighted by Crippen LogP contribution is -2.13. The van der Waals surface area contributed by atoms with Gasteiger partial charge in [0.25, 0.3) is 5.56 Å². The molecule has 2 aromatic carbocycles.